The van der Waals surface area contributed by atoms with Gasteiger partial charge >= 0.3 is 0 Å². The third-order valence-corrected chi connectivity index (χ3v) is 6.74. The lowest BCUT2D eigenvalue weighted by Crippen LogP contribution is -2.36. The maximum Gasteiger partial charge on any atom is 0.264 e. The quantitative estimate of drug-likeness (QED) is 0.563. The first-order valence-corrected chi connectivity index (χ1v) is 11.8. The highest BCUT2D eigenvalue weighted by atomic mass is 19.1. The Kier molecular flexibility index (Phi) is 6.34. The maximum atomic E-state index is 14.9. The second-order valence-electron chi connectivity index (χ2n) is 9.00. The predicted molar refractivity (Wildman–Crippen MR) is 130 cm³/mol. The van der Waals surface area contributed by atoms with Crippen molar-refractivity contribution in [2.24, 2.45) is 0 Å². The van der Waals surface area contributed by atoms with E-state index in [1.165, 1.54) is 10.6 Å². The Morgan fingerprint density at radius 1 is 1.14 bits per heavy atom. The third kappa shape index (κ3) is 4.55. The van der Waals surface area contributed by atoms with E-state index in [0.29, 0.717) is 47.6 Å². The van der Waals surface area contributed by atoms with Crippen molar-refractivity contribution in [1.82, 2.24) is 9.55 Å². The summed E-state index contributed by atoms with van der Waals surface area (Å²) in [6, 6.07) is 9.73. The normalized spacial score (nSPS) is 18.8. The van der Waals surface area contributed by atoms with E-state index in [4.69, 9.17) is 4.74 Å². The first-order chi connectivity index (χ1) is 16.9. The van der Waals surface area contributed by atoms with Crippen LogP contribution in [0.1, 0.15) is 36.7 Å². The zero-order valence-corrected chi connectivity index (χ0v) is 19.6. The zero-order chi connectivity index (χ0) is 24.5. The molecule has 3 aromatic rings. The smallest absolute Gasteiger partial charge is 0.264 e. The predicted octanol–water partition coefficient (Wildman–Crippen LogP) is 3.16. The number of carbonyl (C=O) groups is 2. The Labute approximate surface area is 201 Å². The molecule has 182 valence electrons. The van der Waals surface area contributed by atoms with E-state index < -0.39 is 6.04 Å². The molecule has 1 saturated carbocycles. The van der Waals surface area contributed by atoms with Gasteiger partial charge in [0, 0.05) is 43.0 Å². The molecule has 1 aromatic heterocycles. The van der Waals surface area contributed by atoms with Gasteiger partial charge < -0.3 is 15.0 Å². The Morgan fingerprint density at radius 3 is 2.69 bits per heavy atom. The molecule has 1 aliphatic heterocycles. The molecule has 5 rings (SSSR count). The summed E-state index contributed by atoms with van der Waals surface area (Å²) in [5, 5.41) is 3.53. The summed E-state index contributed by atoms with van der Waals surface area (Å²) in [5.74, 6) is -0.266. The van der Waals surface area contributed by atoms with Crippen LogP contribution >= 0.6 is 0 Å². The number of hydrogen-bond acceptors (Lipinski definition) is 7. The molecule has 1 saturated heterocycles. The third-order valence-electron chi connectivity index (χ3n) is 6.74. The van der Waals surface area contributed by atoms with Gasteiger partial charge in [0.15, 0.2) is 5.78 Å². The molecular weight excluding hydrogens is 451 g/mol. The lowest BCUT2D eigenvalue weighted by molar-refractivity contribution is -0.132. The average molecular weight is 479 g/mol. The highest BCUT2D eigenvalue weighted by Gasteiger charge is 2.31. The number of nitrogens with zero attached hydrogens (tertiary/aromatic N) is 3. The Morgan fingerprint density at radius 2 is 1.94 bits per heavy atom. The molecule has 0 amide bonds. The van der Waals surface area contributed by atoms with E-state index in [1.54, 1.807) is 31.2 Å². The summed E-state index contributed by atoms with van der Waals surface area (Å²) in [6.07, 6.45) is 0.399. The number of aryl methyl sites for hydroxylation is 1. The van der Waals surface area contributed by atoms with Gasteiger partial charge in [0.1, 0.15) is 17.4 Å². The summed E-state index contributed by atoms with van der Waals surface area (Å²) in [6.45, 7) is 4.57. The van der Waals surface area contributed by atoms with E-state index in [9.17, 15) is 18.8 Å². The van der Waals surface area contributed by atoms with E-state index >= 15 is 0 Å². The van der Waals surface area contributed by atoms with Gasteiger partial charge in [-0.05, 0) is 37.6 Å². The monoisotopic (exact) mass is 478 g/mol. The highest BCUT2D eigenvalue weighted by molar-refractivity contribution is 6.03. The Hall–Kier alpha value is -3.59. The minimum atomic E-state index is -0.699. The lowest BCUT2D eigenvalue weighted by atomic mass is 9.92. The van der Waals surface area contributed by atoms with Crippen LogP contribution in [-0.4, -0.2) is 47.4 Å². The largest absolute Gasteiger partial charge is 0.380 e. The van der Waals surface area contributed by atoms with E-state index in [0.717, 1.165) is 18.8 Å². The number of carbonyl (C=O) groups excluding carboxylic acids is 2. The van der Waals surface area contributed by atoms with Crippen LogP contribution in [-0.2, 0) is 20.9 Å². The molecule has 2 aliphatic rings. The SMILES string of the molecule is Cc1nc2cccc(NCc3ccc(N4CCOCC4)cc3F)c2c(=O)n1C1CCC(=O)CC1=O. The van der Waals surface area contributed by atoms with Gasteiger partial charge in [-0.2, -0.15) is 0 Å². The number of nitrogens with one attached hydrogen (secondary N) is 1. The summed E-state index contributed by atoms with van der Waals surface area (Å²) < 4.78 is 21.7. The van der Waals surface area contributed by atoms with Crippen molar-refractivity contribution in [3.05, 3.63) is 64.0 Å². The van der Waals surface area contributed by atoms with Gasteiger partial charge in [0.25, 0.3) is 5.56 Å². The standard InChI is InChI=1S/C26H27FN4O4/c1-16-29-22-4-2-3-21(25(22)26(34)31(16)23-8-7-19(32)14-24(23)33)28-15-17-5-6-18(13-20(17)27)30-9-11-35-12-10-30/h2-6,13,23,28H,7-12,14-15H2,1H3. The topological polar surface area (TPSA) is 93.5 Å². The molecule has 2 heterocycles. The van der Waals surface area contributed by atoms with Crippen LogP contribution in [0.15, 0.2) is 41.2 Å². The molecule has 1 atom stereocenters. The molecule has 1 N–H and O–H groups in total. The van der Waals surface area contributed by atoms with E-state index in [2.05, 4.69) is 15.2 Å². The number of ether oxygens (including phenoxy) is 1. The maximum absolute atomic E-state index is 14.9. The van der Waals surface area contributed by atoms with Crippen LogP contribution in [0.5, 0.6) is 0 Å². The van der Waals surface area contributed by atoms with Crippen LogP contribution in [0, 0.1) is 12.7 Å². The number of halogens is 1. The van der Waals surface area contributed by atoms with E-state index in [1.807, 2.05) is 6.07 Å². The summed E-state index contributed by atoms with van der Waals surface area (Å²) in [4.78, 5) is 44.4. The van der Waals surface area contributed by atoms with Gasteiger partial charge in [-0.1, -0.05) is 12.1 Å². The zero-order valence-electron chi connectivity index (χ0n) is 19.6. The van der Waals surface area contributed by atoms with Gasteiger partial charge in [0.2, 0.25) is 0 Å². The van der Waals surface area contributed by atoms with Crippen molar-refractivity contribution in [3.8, 4) is 0 Å². The second-order valence-corrected chi connectivity index (χ2v) is 9.00. The molecular formula is C26H27FN4O4. The van der Waals surface area contributed by atoms with Crippen molar-refractivity contribution in [2.75, 3.05) is 36.5 Å². The second kappa shape index (κ2) is 9.58. The van der Waals surface area contributed by atoms with Crippen molar-refractivity contribution in [1.29, 1.82) is 0 Å². The number of hydrogen-bond donors (Lipinski definition) is 1. The van der Waals surface area contributed by atoms with Crippen molar-refractivity contribution < 1.29 is 18.7 Å². The number of fused-ring (bicyclic) bond motifs is 1. The molecule has 9 heteroatoms. The van der Waals surface area contributed by atoms with Gasteiger partial charge in [-0.25, -0.2) is 9.37 Å². The van der Waals surface area contributed by atoms with Gasteiger partial charge in [-0.15, -0.1) is 0 Å². The van der Waals surface area contributed by atoms with E-state index in [-0.39, 0.29) is 42.3 Å². The summed E-state index contributed by atoms with van der Waals surface area (Å²) in [7, 11) is 0. The van der Waals surface area contributed by atoms with Crippen molar-refractivity contribution >= 4 is 33.8 Å². The van der Waals surface area contributed by atoms with Crippen LogP contribution < -0.4 is 15.8 Å². The number of ketones is 2. The van der Waals surface area contributed by atoms with Crippen LogP contribution in [0.2, 0.25) is 0 Å². The van der Waals surface area contributed by atoms with Crippen LogP contribution in [0.3, 0.4) is 0 Å². The number of anilines is 2. The molecule has 0 bridgehead atoms. The minimum Gasteiger partial charge on any atom is -0.380 e. The fourth-order valence-corrected chi connectivity index (χ4v) is 4.89. The average Bonchev–Trinajstić information content (AvgIpc) is 2.85. The fraction of sp³-hybridized carbons (Fsp3) is 0.385. The molecule has 1 unspecified atom stereocenters. The lowest BCUT2D eigenvalue weighted by Gasteiger charge is -2.29. The first-order valence-electron chi connectivity index (χ1n) is 11.8. The van der Waals surface area contributed by atoms with Crippen molar-refractivity contribution in [3.63, 3.8) is 0 Å². The Balaban J connectivity index is 1.43. The molecule has 35 heavy (non-hydrogen) atoms. The van der Waals surface area contributed by atoms with Gasteiger partial charge in [0.05, 0.1) is 36.6 Å². The van der Waals surface area contributed by atoms with Crippen LogP contribution in [0.25, 0.3) is 10.9 Å². The first kappa shape index (κ1) is 23.2. The number of morpholine rings is 1. The number of Topliss-reactive ketones (excluding diaryl/α,β-unsaturated/α-hetero) is 2. The molecule has 1 aliphatic carbocycles. The highest BCUT2D eigenvalue weighted by Crippen LogP contribution is 2.27. The minimum absolute atomic E-state index is 0.102. The number of benzene rings is 2. The Bertz CT molecular complexity index is 1360. The van der Waals surface area contributed by atoms with Gasteiger partial charge in [-0.3, -0.25) is 19.0 Å². The molecule has 0 spiro atoms. The fourth-order valence-electron chi connectivity index (χ4n) is 4.89. The number of rotatable bonds is 5. The molecule has 2 aromatic carbocycles. The van der Waals surface area contributed by atoms with Crippen molar-refractivity contribution in [2.45, 2.75) is 38.8 Å². The summed E-state index contributed by atoms with van der Waals surface area (Å²) >= 11 is 0. The number of aromatic nitrogens is 2. The molecule has 2 fully saturated rings. The molecule has 0 radical (unpaired) electrons. The summed E-state index contributed by atoms with van der Waals surface area (Å²) in [5.41, 5.74) is 1.96. The molecule has 8 nitrogen and oxygen atoms in total. The van der Waals surface area contributed by atoms with Crippen LogP contribution in [0.4, 0.5) is 15.8 Å².